The van der Waals surface area contributed by atoms with Gasteiger partial charge in [0.05, 0.1) is 16.1 Å². The van der Waals surface area contributed by atoms with Gasteiger partial charge in [0.25, 0.3) is 0 Å². The van der Waals surface area contributed by atoms with Crippen molar-refractivity contribution in [2.24, 2.45) is 11.0 Å². The maximum atomic E-state index is 12.7. The molecule has 0 spiro atoms. The second-order valence-electron chi connectivity index (χ2n) is 6.53. The van der Waals surface area contributed by atoms with Gasteiger partial charge < -0.3 is 0 Å². The van der Waals surface area contributed by atoms with E-state index in [1.54, 1.807) is 42.5 Å². The summed E-state index contributed by atoms with van der Waals surface area (Å²) in [5.74, 6) is -0.545. The summed E-state index contributed by atoms with van der Waals surface area (Å²) in [6.45, 7) is 0.562. The Kier molecular flexibility index (Phi) is 7.34. The van der Waals surface area contributed by atoms with Crippen molar-refractivity contribution in [1.29, 1.82) is 0 Å². The van der Waals surface area contributed by atoms with Gasteiger partial charge in [0.2, 0.25) is 15.9 Å². The Morgan fingerprint density at radius 2 is 1.79 bits per heavy atom. The zero-order valence-electron chi connectivity index (χ0n) is 15.2. The van der Waals surface area contributed by atoms with Crippen LogP contribution in [0.1, 0.15) is 18.4 Å². The van der Waals surface area contributed by atoms with Gasteiger partial charge in [0.15, 0.2) is 0 Å². The van der Waals surface area contributed by atoms with E-state index in [1.165, 1.54) is 10.5 Å². The smallest absolute Gasteiger partial charge is 0.243 e. The topological polar surface area (TPSA) is 78.8 Å². The predicted octanol–water partition coefficient (Wildman–Crippen LogP) is 4.31. The van der Waals surface area contributed by atoms with Crippen LogP contribution >= 0.6 is 39.1 Å². The molecule has 10 heteroatoms. The number of hydrogen-bond acceptors (Lipinski definition) is 4. The van der Waals surface area contributed by atoms with Crippen LogP contribution in [0.3, 0.4) is 0 Å². The van der Waals surface area contributed by atoms with Gasteiger partial charge >= 0.3 is 0 Å². The highest BCUT2D eigenvalue weighted by molar-refractivity contribution is 9.10. The van der Waals surface area contributed by atoms with Gasteiger partial charge in [-0.05, 0) is 49.2 Å². The summed E-state index contributed by atoms with van der Waals surface area (Å²) in [7, 11) is -3.56. The largest absolute Gasteiger partial charge is 0.273 e. The lowest BCUT2D eigenvalue weighted by molar-refractivity contribution is -0.126. The first-order valence-electron chi connectivity index (χ1n) is 8.81. The van der Waals surface area contributed by atoms with Crippen LogP contribution in [0.4, 0.5) is 0 Å². The number of piperidine rings is 1. The molecule has 2 aromatic rings. The Labute approximate surface area is 188 Å². The Hall–Kier alpha value is -1.45. The van der Waals surface area contributed by atoms with Crippen LogP contribution in [-0.2, 0) is 14.8 Å². The van der Waals surface area contributed by atoms with E-state index < -0.39 is 10.0 Å². The quantitative estimate of drug-likeness (QED) is 0.473. The summed E-state index contributed by atoms with van der Waals surface area (Å²) in [4.78, 5) is 12.6. The van der Waals surface area contributed by atoms with Crippen molar-refractivity contribution in [3.8, 4) is 0 Å². The third-order valence-corrected chi connectivity index (χ3v) is 7.62. The number of benzene rings is 2. The fourth-order valence-electron chi connectivity index (χ4n) is 2.98. The summed E-state index contributed by atoms with van der Waals surface area (Å²) in [5, 5.41) is 4.89. The molecule has 1 aliphatic heterocycles. The van der Waals surface area contributed by atoms with Crippen molar-refractivity contribution < 1.29 is 13.2 Å². The van der Waals surface area contributed by atoms with Crippen LogP contribution in [0.15, 0.2) is 56.9 Å². The zero-order chi connectivity index (χ0) is 21.0. The van der Waals surface area contributed by atoms with Gasteiger partial charge in [-0.1, -0.05) is 45.2 Å². The molecule has 1 N–H and O–H groups in total. The number of amides is 1. The van der Waals surface area contributed by atoms with E-state index in [0.717, 1.165) is 4.47 Å². The normalized spacial score (nSPS) is 16.2. The average Bonchev–Trinajstić information content (AvgIpc) is 2.70. The molecular formula is C19H18BrCl2N3O3S. The molecule has 0 bridgehead atoms. The third kappa shape index (κ3) is 5.58. The van der Waals surface area contributed by atoms with E-state index in [4.69, 9.17) is 23.2 Å². The lowest BCUT2D eigenvalue weighted by atomic mass is 9.98. The highest BCUT2D eigenvalue weighted by atomic mass is 79.9. The summed E-state index contributed by atoms with van der Waals surface area (Å²) in [6, 6.07) is 11.5. The number of nitrogens with one attached hydrogen (secondary N) is 1. The summed E-state index contributed by atoms with van der Waals surface area (Å²) >= 11 is 15.2. The maximum absolute atomic E-state index is 12.7. The molecule has 0 atom stereocenters. The first kappa shape index (κ1) is 22.2. The Balaban J connectivity index is 1.55. The maximum Gasteiger partial charge on any atom is 0.243 e. The van der Waals surface area contributed by atoms with Crippen molar-refractivity contribution in [1.82, 2.24) is 9.73 Å². The Bertz CT molecular complexity index is 1020. The van der Waals surface area contributed by atoms with Gasteiger partial charge in [0, 0.05) is 34.1 Å². The highest BCUT2D eigenvalue weighted by Crippen LogP contribution is 2.25. The minimum absolute atomic E-state index is 0.243. The lowest BCUT2D eigenvalue weighted by Crippen LogP contribution is -2.42. The number of rotatable bonds is 5. The minimum Gasteiger partial charge on any atom is -0.273 e. The van der Waals surface area contributed by atoms with Gasteiger partial charge in [0.1, 0.15) is 0 Å². The van der Waals surface area contributed by atoms with Gasteiger partial charge in [-0.3, -0.25) is 4.79 Å². The molecule has 1 saturated heterocycles. The van der Waals surface area contributed by atoms with Crippen LogP contribution < -0.4 is 5.43 Å². The van der Waals surface area contributed by atoms with Crippen LogP contribution in [0.5, 0.6) is 0 Å². The van der Waals surface area contributed by atoms with Gasteiger partial charge in [-0.2, -0.15) is 9.41 Å². The second-order valence-corrected chi connectivity index (χ2v) is 10.2. The molecule has 6 nitrogen and oxygen atoms in total. The van der Waals surface area contributed by atoms with Gasteiger partial charge in [-0.15, -0.1) is 0 Å². The number of carbonyl (C=O) groups excluding carboxylic acids is 1. The van der Waals surface area contributed by atoms with Crippen LogP contribution in [0, 0.1) is 5.92 Å². The molecule has 1 amide bonds. The molecule has 154 valence electrons. The molecule has 29 heavy (non-hydrogen) atoms. The number of hydrazone groups is 1. The molecule has 1 aliphatic rings. The van der Waals surface area contributed by atoms with E-state index >= 15 is 0 Å². The number of carbonyl (C=O) groups is 1. The summed E-state index contributed by atoms with van der Waals surface area (Å²) in [5.41, 5.74) is 3.13. The van der Waals surface area contributed by atoms with Crippen molar-refractivity contribution in [3.05, 3.63) is 62.5 Å². The lowest BCUT2D eigenvalue weighted by Gasteiger charge is -2.30. The Morgan fingerprint density at radius 3 is 2.41 bits per heavy atom. The fraction of sp³-hybridized carbons (Fsp3) is 0.263. The molecule has 1 heterocycles. The first-order chi connectivity index (χ1) is 13.8. The van der Waals surface area contributed by atoms with Crippen molar-refractivity contribution in [2.45, 2.75) is 17.7 Å². The standard InChI is InChI=1S/C19H18BrCl2N3O3S/c20-15-2-5-17(6-3-15)29(27,28)25-9-7-13(8-10-25)19(26)24-23-12-14-1-4-16(21)11-18(14)22/h1-6,11-13H,7-10H2,(H,24,26)/b23-12-. The zero-order valence-corrected chi connectivity index (χ0v) is 19.1. The van der Waals surface area contributed by atoms with E-state index in [-0.39, 0.29) is 29.8 Å². The molecule has 0 radical (unpaired) electrons. The first-order valence-corrected chi connectivity index (χ1v) is 11.8. The van der Waals surface area contributed by atoms with Crippen LogP contribution in [0.2, 0.25) is 10.0 Å². The number of sulfonamides is 1. The number of hydrogen-bond donors (Lipinski definition) is 1. The van der Waals surface area contributed by atoms with E-state index in [9.17, 15) is 13.2 Å². The van der Waals surface area contributed by atoms with Crippen LogP contribution in [0.25, 0.3) is 0 Å². The molecule has 0 saturated carbocycles. The van der Waals surface area contributed by atoms with E-state index in [1.807, 2.05) is 0 Å². The fourth-order valence-corrected chi connectivity index (χ4v) is 5.17. The van der Waals surface area contributed by atoms with Crippen molar-refractivity contribution in [3.63, 3.8) is 0 Å². The SMILES string of the molecule is O=C(N/N=C\c1ccc(Cl)cc1Cl)C1CCN(S(=O)(=O)c2ccc(Br)cc2)CC1. The number of nitrogens with zero attached hydrogens (tertiary/aromatic N) is 2. The third-order valence-electron chi connectivity index (χ3n) is 4.62. The van der Waals surface area contributed by atoms with Gasteiger partial charge in [-0.25, -0.2) is 13.8 Å². The Morgan fingerprint density at radius 1 is 1.14 bits per heavy atom. The molecule has 2 aromatic carbocycles. The molecule has 0 aromatic heterocycles. The molecular weight excluding hydrogens is 501 g/mol. The van der Waals surface area contributed by atoms with Crippen molar-refractivity contribution >= 4 is 61.3 Å². The summed E-state index contributed by atoms with van der Waals surface area (Å²) < 4.78 is 27.7. The minimum atomic E-state index is -3.56. The predicted molar refractivity (Wildman–Crippen MR) is 118 cm³/mol. The van der Waals surface area contributed by atoms with Crippen molar-refractivity contribution in [2.75, 3.05) is 13.1 Å². The second kappa shape index (κ2) is 9.57. The summed E-state index contributed by atoms with van der Waals surface area (Å²) in [6.07, 6.45) is 2.31. The molecule has 3 rings (SSSR count). The molecule has 0 unspecified atom stereocenters. The number of halogens is 3. The van der Waals surface area contributed by atoms with Crippen LogP contribution in [-0.4, -0.2) is 37.9 Å². The molecule has 0 aliphatic carbocycles. The highest BCUT2D eigenvalue weighted by Gasteiger charge is 2.32. The van der Waals surface area contributed by atoms with E-state index in [2.05, 4.69) is 26.5 Å². The average molecular weight is 519 g/mol. The molecule has 1 fully saturated rings. The van der Waals surface area contributed by atoms with E-state index in [0.29, 0.717) is 28.5 Å². The monoisotopic (exact) mass is 517 g/mol.